The Hall–Kier alpha value is -4.19. The molecular weight excluding hydrogens is 430 g/mol. The van der Waals surface area contributed by atoms with Crippen molar-refractivity contribution in [2.24, 2.45) is 0 Å². The van der Waals surface area contributed by atoms with Crippen molar-refractivity contribution in [3.8, 4) is 17.1 Å². The smallest absolute Gasteiger partial charge is 0.262 e. The first-order valence-corrected chi connectivity index (χ1v) is 10.9. The fraction of sp³-hybridized carbons (Fsp3) is 0.179. The number of rotatable bonds is 6. The number of aryl methyl sites for hydroxylation is 3. The van der Waals surface area contributed by atoms with Crippen LogP contribution < -0.4 is 15.5 Å². The van der Waals surface area contributed by atoms with Crippen molar-refractivity contribution < 1.29 is 18.7 Å². The van der Waals surface area contributed by atoms with Crippen LogP contribution in [0, 0.1) is 20.8 Å². The number of ketones is 1. The second-order valence-electron chi connectivity index (χ2n) is 8.36. The van der Waals surface area contributed by atoms with Crippen molar-refractivity contribution in [2.75, 3.05) is 11.9 Å². The SMILES string of the molecule is CC(=O)c1cccc(NC(=O)COc2c(-c3ccc(C)cc3)oc3cc(C)c(C)cc3c2=O)c1. The minimum absolute atomic E-state index is 0.0211. The molecule has 1 N–H and O–H groups in total. The maximum atomic E-state index is 13.4. The van der Waals surface area contributed by atoms with Crippen LogP contribution in [0.25, 0.3) is 22.3 Å². The number of carbonyl (C=O) groups is 2. The van der Waals surface area contributed by atoms with E-state index in [0.717, 1.165) is 16.7 Å². The largest absolute Gasteiger partial charge is 0.476 e. The van der Waals surface area contributed by atoms with E-state index in [-0.39, 0.29) is 22.7 Å². The first-order valence-electron chi connectivity index (χ1n) is 10.9. The van der Waals surface area contributed by atoms with Crippen LogP contribution in [0.5, 0.6) is 5.75 Å². The van der Waals surface area contributed by atoms with Gasteiger partial charge in [-0.05, 0) is 63.1 Å². The zero-order chi connectivity index (χ0) is 24.4. The van der Waals surface area contributed by atoms with Crippen molar-refractivity contribution in [1.82, 2.24) is 0 Å². The Balaban J connectivity index is 1.69. The van der Waals surface area contributed by atoms with E-state index in [0.29, 0.717) is 27.8 Å². The molecule has 6 nitrogen and oxygen atoms in total. The molecule has 0 aliphatic rings. The van der Waals surface area contributed by atoms with Crippen LogP contribution in [-0.2, 0) is 4.79 Å². The summed E-state index contributed by atoms with van der Waals surface area (Å²) >= 11 is 0. The first kappa shape index (κ1) is 23.0. The molecule has 1 amide bonds. The molecular formula is C28H25NO5. The predicted octanol–water partition coefficient (Wildman–Crippen LogP) is 5.61. The lowest BCUT2D eigenvalue weighted by molar-refractivity contribution is -0.118. The molecule has 0 saturated carbocycles. The normalized spacial score (nSPS) is 10.8. The molecule has 3 aromatic carbocycles. The molecule has 6 heteroatoms. The average Bonchev–Trinajstić information content (AvgIpc) is 2.80. The third-order valence-corrected chi connectivity index (χ3v) is 5.68. The second-order valence-corrected chi connectivity index (χ2v) is 8.36. The van der Waals surface area contributed by atoms with Gasteiger partial charge < -0.3 is 14.5 Å². The molecule has 0 aliphatic carbocycles. The third kappa shape index (κ3) is 4.76. The van der Waals surface area contributed by atoms with E-state index >= 15 is 0 Å². The summed E-state index contributed by atoms with van der Waals surface area (Å²) in [6, 6.07) is 17.8. The van der Waals surface area contributed by atoms with Crippen LogP contribution in [0.3, 0.4) is 0 Å². The molecule has 172 valence electrons. The maximum Gasteiger partial charge on any atom is 0.262 e. The highest BCUT2D eigenvalue weighted by molar-refractivity contribution is 5.97. The van der Waals surface area contributed by atoms with E-state index < -0.39 is 12.5 Å². The number of fused-ring (bicyclic) bond motifs is 1. The monoisotopic (exact) mass is 455 g/mol. The Morgan fingerprint density at radius 1 is 0.941 bits per heavy atom. The van der Waals surface area contributed by atoms with Gasteiger partial charge in [0.15, 0.2) is 18.2 Å². The summed E-state index contributed by atoms with van der Waals surface area (Å²) in [5.41, 5.74) is 4.77. The van der Waals surface area contributed by atoms with Gasteiger partial charge >= 0.3 is 0 Å². The number of amides is 1. The summed E-state index contributed by atoms with van der Waals surface area (Å²) in [4.78, 5) is 37.6. The molecule has 0 radical (unpaired) electrons. The summed E-state index contributed by atoms with van der Waals surface area (Å²) in [7, 11) is 0. The zero-order valence-electron chi connectivity index (χ0n) is 19.5. The lowest BCUT2D eigenvalue weighted by atomic mass is 10.0. The predicted molar refractivity (Wildman–Crippen MR) is 133 cm³/mol. The lowest BCUT2D eigenvalue weighted by Gasteiger charge is -2.13. The summed E-state index contributed by atoms with van der Waals surface area (Å²) < 4.78 is 11.9. The summed E-state index contributed by atoms with van der Waals surface area (Å²) in [6.45, 7) is 6.90. The summed E-state index contributed by atoms with van der Waals surface area (Å²) in [5.74, 6) is -0.316. The van der Waals surface area contributed by atoms with Crippen molar-refractivity contribution >= 4 is 28.3 Å². The maximum absolute atomic E-state index is 13.4. The minimum atomic E-state index is -0.463. The van der Waals surface area contributed by atoms with Crippen LogP contribution in [-0.4, -0.2) is 18.3 Å². The van der Waals surface area contributed by atoms with Gasteiger partial charge in [0.05, 0.1) is 5.39 Å². The van der Waals surface area contributed by atoms with Crippen LogP contribution in [0.1, 0.15) is 34.0 Å². The summed E-state index contributed by atoms with van der Waals surface area (Å²) in [6.07, 6.45) is 0. The number of carbonyl (C=O) groups excluding carboxylic acids is 2. The number of ether oxygens (including phenoxy) is 1. The molecule has 0 bridgehead atoms. The van der Waals surface area contributed by atoms with Gasteiger partial charge in [0.25, 0.3) is 5.91 Å². The van der Waals surface area contributed by atoms with Gasteiger partial charge in [0.1, 0.15) is 5.58 Å². The van der Waals surface area contributed by atoms with Gasteiger partial charge in [-0.1, -0.05) is 42.0 Å². The molecule has 4 rings (SSSR count). The highest BCUT2D eigenvalue weighted by Crippen LogP contribution is 2.32. The Morgan fingerprint density at radius 3 is 2.35 bits per heavy atom. The number of benzene rings is 3. The number of anilines is 1. The number of nitrogens with one attached hydrogen (secondary N) is 1. The number of hydrogen-bond donors (Lipinski definition) is 1. The molecule has 1 heterocycles. The van der Waals surface area contributed by atoms with Crippen molar-refractivity contribution in [2.45, 2.75) is 27.7 Å². The van der Waals surface area contributed by atoms with Gasteiger partial charge in [-0.15, -0.1) is 0 Å². The molecule has 0 atom stereocenters. The molecule has 1 aromatic heterocycles. The van der Waals surface area contributed by atoms with Gasteiger partial charge in [0, 0.05) is 16.8 Å². The van der Waals surface area contributed by atoms with Gasteiger partial charge in [-0.25, -0.2) is 0 Å². The molecule has 0 unspecified atom stereocenters. The van der Waals surface area contributed by atoms with E-state index in [2.05, 4.69) is 5.32 Å². The van der Waals surface area contributed by atoms with E-state index in [9.17, 15) is 14.4 Å². The lowest BCUT2D eigenvalue weighted by Crippen LogP contribution is -2.22. The standard InChI is InChI=1S/C28H25NO5/c1-16-8-10-20(11-9-16)27-28(26(32)23-12-17(2)18(3)13-24(23)34-27)33-15-25(31)29-22-7-5-6-21(14-22)19(4)30/h5-14H,15H2,1-4H3,(H,29,31). The van der Waals surface area contributed by atoms with Crippen LogP contribution in [0.2, 0.25) is 0 Å². The third-order valence-electron chi connectivity index (χ3n) is 5.68. The second kappa shape index (κ2) is 9.35. The van der Waals surface area contributed by atoms with E-state index in [4.69, 9.17) is 9.15 Å². The Labute approximate surface area is 197 Å². The fourth-order valence-corrected chi connectivity index (χ4v) is 3.61. The molecule has 4 aromatic rings. The molecule has 0 fully saturated rings. The summed E-state index contributed by atoms with van der Waals surface area (Å²) in [5, 5.41) is 3.09. The number of Topliss-reactive ketones (excluding diaryl/α,β-unsaturated/α-hetero) is 1. The van der Waals surface area contributed by atoms with Crippen LogP contribution >= 0.6 is 0 Å². The minimum Gasteiger partial charge on any atom is -0.476 e. The van der Waals surface area contributed by atoms with Crippen LogP contribution in [0.15, 0.2) is 69.9 Å². The van der Waals surface area contributed by atoms with Crippen molar-refractivity contribution in [3.05, 3.63) is 93.1 Å². The fourth-order valence-electron chi connectivity index (χ4n) is 3.61. The Bertz CT molecular complexity index is 1470. The Morgan fingerprint density at radius 2 is 1.65 bits per heavy atom. The van der Waals surface area contributed by atoms with Gasteiger partial charge in [-0.2, -0.15) is 0 Å². The quantitative estimate of drug-likeness (QED) is 0.382. The van der Waals surface area contributed by atoms with Crippen molar-refractivity contribution in [1.29, 1.82) is 0 Å². The first-order chi connectivity index (χ1) is 16.2. The van der Waals surface area contributed by atoms with E-state index in [1.807, 2.05) is 51.1 Å². The van der Waals surface area contributed by atoms with E-state index in [1.165, 1.54) is 6.92 Å². The van der Waals surface area contributed by atoms with Crippen molar-refractivity contribution in [3.63, 3.8) is 0 Å². The molecule has 0 saturated heterocycles. The topological polar surface area (TPSA) is 85.6 Å². The van der Waals surface area contributed by atoms with E-state index in [1.54, 1.807) is 30.3 Å². The molecule has 34 heavy (non-hydrogen) atoms. The number of hydrogen-bond acceptors (Lipinski definition) is 5. The average molecular weight is 456 g/mol. The van der Waals surface area contributed by atoms with Gasteiger partial charge in [0.2, 0.25) is 11.2 Å². The highest BCUT2D eigenvalue weighted by atomic mass is 16.5. The molecule has 0 spiro atoms. The van der Waals surface area contributed by atoms with Crippen LogP contribution in [0.4, 0.5) is 5.69 Å². The zero-order valence-corrected chi connectivity index (χ0v) is 19.5. The molecule has 0 aliphatic heterocycles. The highest BCUT2D eigenvalue weighted by Gasteiger charge is 2.19. The van der Waals surface area contributed by atoms with Gasteiger partial charge in [-0.3, -0.25) is 14.4 Å². The Kier molecular flexibility index (Phi) is 6.32.